The molecule has 1 heterocycles. The molecule has 1 aliphatic heterocycles. The highest BCUT2D eigenvalue weighted by Gasteiger charge is 2.47. The standard InChI is InChI=1S/C31H34N2O4/c1-6-32(7-2)24-16-10-22(11-17-24)28-27(29(34)23-12-18-26(19-13-23)37-20(3)4)30(35)31(36)33(28)25-14-8-21(5)9-15-25/h8-20,28,34H,6-7H2,1-5H3/b29-27-. The normalized spacial score (nSPS) is 16.9. The fourth-order valence-electron chi connectivity index (χ4n) is 4.69. The Bertz CT molecular complexity index is 1290. The zero-order valence-corrected chi connectivity index (χ0v) is 22.1. The largest absolute Gasteiger partial charge is 0.507 e. The zero-order chi connectivity index (χ0) is 26.7. The van der Waals surface area contributed by atoms with E-state index in [0.717, 1.165) is 29.9 Å². The summed E-state index contributed by atoms with van der Waals surface area (Å²) in [5.41, 5.74) is 3.97. The van der Waals surface area contributed by atoms with Crippen molar-refractivity contribution in [1.29, 1.82) is 0 Å². The molecule has 0 aliphatic carbocycles. The van der Waals surface area contributed by atoms with Crippen molar-refractivity contribution in [2.75, 3.05) is 22.9 Å². The molecule has 4 rings (SSSR count). The first-order valence-corrected chi connectivity index (χ1v) is 12.7. The van der Waals surface area contributed by atoms with E-state index in [4.69, 9.17) is 4.74 Å². The van der Waals surface area contributed by atoms with E-state index in [2.05, 4.69) is 18.7 Å². The van der Waals surface area contributed by atoms with E-state index in [1.165, 1.54) is 4.90 Å². The Kier molecular flexibility index (Phi) is 7.67. The number of aliphatic hydroxyl groups is 1. The van der Waals surface area contributed by atoms with Crippen molar-refractivity contribution >= 4 is 28.8 Å². The van der Waals surface area contributed by atoms with Crippen LogP contribution in [0.2, 0.25) is 0 Å². The molecule has 1 unspecified atom stereocenters. The Balaban J connectivity index is 1.84. The summed E-state index contributed by atoms with van der Waals surface area (Å²) in [6, 6.07) is 21.5. The number of ether oxygens (including phenoxy) is 1. The number of amides is 1. The molecule has 0 saturated carbocycles. The van der Waals surface area contributed by atoms with Gasteiger partial charge in [-0.25, -0.2) is 0 Å². The van der Waals surface area contributed by atoms with E-state index in [-0.39, 0.29) is 17.4 Å². The number of benzene rings is 3. The van der Waals surface area contributed by atoms with E-state index in [1.54, 1.807) is 24.3 Å². The highest BCUT2D eigenvalue weighted by atomic mass is 16.5. The van der Waals surface area contributed by atoms with Crippen LogP contribution in [0, 0.1) is 6.92 Å². The van der Waals surface area contributed by atoms with Gasteiger partial charge in [0.25, 0.3) is 11.7 Å². The molecule has 37 heavy (non-hydrogen) atoms. The monoisotopic (exact) mass is 498 g/mol. The van der Waals surface area contributed by atoms with Crippen LogP contribution >= 0.6 is 0 Å². The van der Waals surface area contributed by atoms with Gasteiger partial charge >= 0.3 is 0 Å². The van der Waals surface area contributed by atoms with E-state index < -0.39 is 17.7 Å². The summed E-state index contributed by atoms with van der Waals surface area (Å²) in [5, 5.41) is 11.4. The van der Waals surface area contributed by atoms with Gasteiger partial charge in [-0.15, -0.1) is 0 Å². The number of aryl methyl sites for hydroxylation is 1. The Morgan fingerprint density at radius 1 is 0.919 bits per heavy atom. The number of hydrogen-bond donors (Lipinski definition) is 1. The number of rotatable bonds is 8. The van der Waals surface area contributed by atoms with Gasteiger partial charge in [0.15, 0.2) is 0 Å². The molecule has 1 amide bonds. The van der Waals surface area contributed by atoms with Crippen LogP contribution in [0.25, 0.3) is 5.76 Å². The van der Waals surface area contributed by atoms with Crippen molar-refractivity contribution in [3.63, 3.8) is 0 Å². The van der Waals surface area contributed by atoms with Crippen molar-refractivity contribution in [3.8, 4) is 5.75 Å². The van der Waals surface area contributed by atoms with E-state index >= 15 is 0 Å². The lowest BCUT2D eigenvalue weighted by Gasteiger charge is -2.27. The second kappa shape index (κ2) is 10.9. The summed E-state index contributed by atoms with van der Waals surface area (Å²) in [6.45, 7) is 11.8. The second-order valence-electron chi connectivity index (χ2n) is 9.46. The van der Waals surface area contributed by atoms with Crippen LogP contribution in [-0.2, 0) is 9.59 Å². The molecule has 1 N–H and O–H groups in total. The average molecular weight is 499 g/mol. The topological polar surface area (TPSA) is 70.1 Å². The highest BCUT2D eigenvalue weighted by molar-refractivity contribution is 6.51. The number of hydrogen-bond acceptors (Lipinski definition) is 5. The molecule has 0 aromatic heterocycles. The lowest BCUT2D eigenvalue weighted by Crippen LogP contribution is -2.29. The van der Waals surface area contributed by atoms with Crippen LogP contribution in [0.5, 0.6) is 5.75 Å². The third kappa shape index (κ3) is 5.24. The van der Waals surface area contributed by atoms with Gasteiger partial charge in [-0.1, -0.05) is 29.8 Å². The van der Waals surface area contributed by atoms with Gasteiger partial charge in [0, 0.05) is 30.0 Å². The molecule has 0 spiro atoms. The SMILES string of the molecule is CCN(CC)c1ccc(C2/C(=C(/O)c3ccc(OC(C)C)cc3)C(=O)C(=O)N2c2ccc(C)cc2)cc1. The van der Waals surface area contributed by atoms with E-state index in [1.807, 2.05) is 69.3 Å². The number of carbonyl (C=O) groups excluding carboxylic acids is 2. The summed E-state index contributed by atoms with van der Waals surface area (Å²) in [5.74, 6) is -0.918. The van der Waals surface area contributed by atoms with Gasteiger partial charge in [-0.2, -0.15) is 0 Å². The Hall–Kier alpha value is -4.06. The molecule has 192 valence electrons. The van der Waals surface area contributed by atoms with Crippen molar-refractivity contribution in [2.45, 2.75) is 46.8 Å². The molecule has 6 heteroatoms. The number of nitrogens with zero attached hydrogens (tertiary/aromatic N) is 2. The maximum absolute atomic E-state index is 13.4. The number of anilines is 2. The minimum absolute atomic E-state index is 0.0126. The second-order valence-corrected chi connectivity index (χ2v) is 9.46. The predicted octanol–water partition coefficient (Wildman–Crippen LogP) is 6.25. The Morgan fingerprint density at radius 2 is 1.51 bits per heavy atom. The quantitative estimate of drug-likeness (QED) is 0.226. The fourth-order valence-corrected chi connectivity index (χ4v) is 4.69. The number of ketones is 1. The van der Waals surface area contributed by atoms with Gasteiger partial charge in [0.2, 0.25) is 0 Å². The van der Waals surface area contributed by atoms with Crippen LogP contribution < -0.4 is 14.5 Å². The molecular weight excluding hydrogens is 464 g/mol. The lowest BCUT2D eigenvalue weighted by molar-refractivity contribution is -0.132. The van der Waals surface area contributed by atoms with Gasteiger partial charge in [-0.3, -0.25) is 14.5 Å². The van der Waals surface area contributed by atoms with Gasteiger partial charge in [0.05, 0.1) is 17.7 Å². The molecule has 1 atom stereocenters. The molecule has 3 aromatic carbocycles. The molecule has 0 radical (unpaired) electrons. The molecular formula is C31H34N2O4. The number of aliphatic hydroxyl groups excluding tert-OH is 1. The average Bonchev–Trinajstić information content (AvgIpc) is 3.15. The van der Waals surface area contributed by atoms with Crippen LogP contribution in [0.4, 0.5) is 11.4 Å². The number of carbonyl (C=O) groups is 2. The van der Waals surface area contributed by atoms with Gasteiger partial charge < -0.3 is 14.7 Å². The summed E-state index contributed by atoms with van der Waals surface area (Å²) in [7, 11) is 0. The molecule has 0 bridgehead atoms. The first kappa shape index (κ1) is 26.0. The van der Waals surface area contributed by atoms with Crippen molar-refractivity contribution in [3.05, 3.63) is 95.1 Å². The molecule has 1 saturated heterocycles. The first-order chi connectivity index (χ1) is 17.7. The van der Waals surface area contributed by atoms with Crippen LogP contribution in [0.1, 0.15) is 50.4 Å². The van der Waals surface area contributed by atoms with Gasteiger partial charge in [0.1, 0.15) is 11.5 Å². The third-order valence-electron chi connectivity index (χ3n) is 6.59. The summed E-state index contributed by atoms with van der Waals surface area (Å²) >= 11 is 0. The molecule has 1 aliphatic rings. The van der Waals surface area contributed by atoms with Crippen molar-refractivity contribution in [2.24, 2.45) is 0 Å². The lowest BCUT2D eigenvalue weighted by atomic mass is 9.94. The Morgan fingerprint density at radius 3 is 2.05 bits per heavy atom. The maximum Gasteiger partial charge on any atom is 0.300 e. The van der Waals surface area contributed by atoms with Crippen molar-refractivity contribution < 1.29 is 19.4 Å². The minimum atomic E-state index is -0.764. The van der Waals surface area contributed by atoms with E-state index in [0.29, 0.717) is 17.0 Å². The zero-order valence-electron chi connectivity index (χ0n) is 22.1. The molecule has 1 fully saturated rings. The fraction of sp³-hybridized carbons (Fsp3) is 0.290. The van der Waals surface area contributed by atoms with Crippen molar-refractivity contribution in [1.82, 2.24) is 0 Å². The van der Waals surface area contributed by atoms with Crippen LogP contribution in [0.15, 0.2) is 78.4 Å². The smallest absolute Gasteiger partial charge is 0.300 e. The predicted molar refractivity (Wildman–Crippen MR) is 148 cm³/mol. The third-order valence-corrected chi connectivity index (χ3v) is 6.59. The first-order valence-electron chi connectivity index (χ1n) is 12.7. The Labute approximate surface area is 218 Å². The van der Waals surface area contributed by atoms with Crippen LogP contribution in [0.3, 0.4) is 0 Å². The van der Waals surface area contributed by atoms with E-state index in [9.17, 15) is 14.7 Å². The van der Waals surface area contributed by atoms with Crippen LogP contribution in [-0.4, -0.2) is 36.0 Å². The highest BCUT2D eigenvalue weighted by Crippen LogP contribution is 2.42. The maximum atomic E-state index is 13.4. The number of Topliss-reactive ketones (excluding diaryl/α,β-unsaturated/α-hetero) is 1. The minimum Gasteiger partial charge on any atom is -0.507 e. The summed E-state index contributed by atoms with van der Waals surface area (Å²) < 4.78 is 5.71. The summed E-state index contributed by atoms with van der Waals surface area (Å²) in [6.07, 6.45) is 0.0126. The molecule has 3 aromatic rings. The molecule has 6 nitrogen and oxygen atoms in total. The van der Waals surface area contributed by atoms with Gasteiger partial charge in [-0.05, 0) is 88.7 Å². The summed E-state index contributed by atoms with van der Waals surface area (Å²) in [4.78, 5) is 30.5.